The van der Waals surface area contributed by atoms with Gasteiger partial charge in [0, 0.05) is 30.9 Å². The predicted molar refractivity (Wildman–Crippen MR) is 92.8 cm³/mol. The minimum absolute atomic E-state index is 0.0785. The van der Waals surface area contributed by atoms with E-state index in [1.54, 1.807) is 0 Å². The fourth-order valence-corrected chi connectivity index (χ4v) is 4.99. The molecule has 0 saturated carbocycles. The van der Waals surface area contributed by atoms with Gasteiger partial charge in [-0.3, -0.25) is 0 Å². The molecular formula is C21H26ClNO6. The van der Waals surface area contributed by atoms with E-state index in [4.69, 9.17) is 28.1 Å². The van der Waals surface area contributed by atoms with Crippen molar-refractivity contribution in [3.05, 3.63) is 65.5 Å². The zero-order valence-electron chi connectivity index (χ0n) is 17.0. The van der Waals surface area contributed by atoms with E-state index in [0.717, 1.165) is 0 Å². The van der Waals surface area contributed by atoms with Crippen molar-refractivity contribution in [3.8, 4) is 0 Å². The summed E-state index contributed by atoms with van der Waals surface area (Å²) in [5.41, 5.74) is 3.83. The van der Waals surface area contributed by atoms with Gasteiger partial charge in [-0.1, -0.05) is 30.3 Å². The normalized spacial score (nSPS) is 22.9. The molecule has 8 heteroatoms. The summed E-state index contributed by atoms with van der Waals surface area (Å²) in [7, 11) is -4.94. The molecule has 158 valence electrons. The van der Waals surface area contributed by atoms with E-state index in [1.807, 2.05) is 0 Å². The van der Waals surface area contributed by atoms with Gasteiger partial charge in [0.25, 0.3) is 0 Å². The first-order chi connectivity index (χ1) is 13.6. The smallest absolute Gasteiger partial charge is 0.196 e. The van der Waals surface area contributed by atoms with Crippen LogP contribution in [0.5, 0.6) is 0 Å². The van der Waals surface area contributed by atoms with Crippen molar-refractivity contribution in [1.82, 2.24) is 0 Å². The molecule has 0 amide bonds. The van der Waals surface area contributed by atoms with Gasteiger partial charge in [0.1, 0.15) is 5.92 Å². The average molecular weight is 424 g/mol. The van der Waals surface area contributed by atoms with E-state index in [9.17, 15) is 0 Å². The van der Waals surface area contributed by atoms with Gasteiger partial charge in [-0.2, -0.15) is 4.57 Å². The Labute approximate surface area is 172 Å². The summed E-state index contributed by atoms with van der Waals surface area (Å²) in [5.74, 6) is -0.563. The van der Waals surface area contributed by atoms with Crippen LogP contribution >= 0.6 is 0 Å². The lowest BCUT2D eigenvalue weighted by Crippen LogP contribution is -2.71. The van der Waals surface area contributed by atoms with Crippen molar-refractivity contribution >= 4 is 0 Å². The first-order valence-corrected chi connectivity index (χ1v) is 10.8. The highest BCUT2D eigenvalue weighted by Crippen LogP contribution is 2.61. The van der Waals surface area contributed by atoms with Crippen LogP contribution in [0.15, 0.2) is 48.7 Å². The van der Waals surface area contributed by atoms with Gasteiger partial charge in [0.15, 0.2) is 23.7 Å². The van der Waals surface area contributed by atoms with Gasteiger partial charge in [-0.25, -0.2) is 18.6 Å². The molecular weight excluding hydrogens is 398 g/mol. The topological polar surface area (TPSA) is 115 Å². The lowest BCUT2D eigenvalue weighted by Gasteiger charge is -2.57. The molecule has 0 spiro atoms. The van der Waals surface area contributed by atoms with E-state index in [1.165, 1.54) is 16.8 Å². The second kappa shape index (κ2) is 7.92. The quantitative estimate of drug-likeness (QED) is 0.463. The van der Waals surface area contributed by atoms with E-state index in [2.05, 4.69) is 80.9 Å². The maximum Gasteiger partial charge on any atom is 0.196 e. The minimum Gasteiger partial charge on any atom is -0.348 e. The molecule has 1 aromatic heterocycles. The molecule has 2 aromatic rings. The van der Waals surface area contributed by atoms with Crippen molar-refractivity contribution in [2.24, 2.45) is 5.41 Å². The Kier molecular flexibility index (Phi) is 6.04. The molecule has 3 aliphatic rings. The number of benzene rings is 1. The zero-order valence-corrected chi connectivity index (χ0v) is 17.7. The molecule has 5 rings (SSSR count). The maximum atomic E-state index is 8.49. The second-order valence-electron chi connectivity index (χ2n) is 7.63. The van der Waals surface area contributed by atoms with Crippen LogP contribution < -0.4 is 23.2 Å². The minimum atomic E-state index is -4.94. The number of pyridine rings is 1. The number of aromatic nitrogens is 1. The summed E-state index contributed by atoms with van der Waals surface area (Å²) >= 11 is 0. The van der Waals surface area contributed by atoms with E-state index >= 15 is 0 Å². The van der Waals surface area contributed by atoms with Gasteiger partial charge in [0.2, 0.25) is 0 Å². The third-order valence-electron chi connectivity index (χ3n) is 5.78. The van der Waals surface area contributed by atoms with Gasteiger partial charge < -0.3 is 9.47 Å². The summed E-state index contributed by atoms with van der Waals surface area (Å²) < 4.78 is 49.3. The number of halogens is 1. The van der Waals surface area contributed by atoms with Crippen LogP contribution in [0.25, 0.3) is 0 Å². The third-order valence-corrected chi connectivity index (χ3v) is 5.78. The van der Waals surface area contributed by atoms with E-state index in [0.29, 0.717) is 13.2 Å². The fourth-order valence-electron chi connectivity index (χ4n) is 4.99. The largest absolute Gasteiger partial charge is 0.348 e. The summed E-state index contributed by atoms with van der Waals surface area (Å²) in [4.78, 5) is 0. The number of hydrogen-bond donors (Lipinski definition) is 0. The molecule has 29 heavy (non-hydrogen) atoms. The van der Waals surface area contributed by atoms with Crippen LogP contribution in [-0.4, -0.2) is 19.0 Å². The van der Waals surface area contributed by atoms with Gasteiger partial charge in [-0.05, 0) is 33.3 Å². The highest BCUT2D eigenvalue weighted by Gasteiger charge is 2.70. The molecule has 2 bridgehead atoms. The number of nitrogens with zero attached hydrogens (tertiary/aromatic N) is 1. The summed E-state index contributed by atoms with van der Waals surface area (Å²) in [6, 6.07) is 15.4. The molecule has 7 nitrogen and oxygen atoms in total. The summed E-state index contributed by atoms with van der Waals surface area (Å²) in [5, 5.41) is 0. The van der Waals surface area contributed by atoms with E-state index < -0.39 is 16.0 Å². The number of hydrogen-bond acceptors (Lipinski definition) is 6. The molecule has 0 saturated heterocycles. The number of ether oxygens (including phenoxy) is 2. The van der Waals surface area contributed by atoms with Crippen molar-refractivity contribution in [2.45, 2.75) is 45.4 Å². The Morgan fingerprint density at radius 1 is 0.897 bits per heavy atom. The Balaban J connectivity index is 0.000000431. The van der Waals surface area contributed by atoms with Crippen LogP contribution in [0.4, 0.5) is 0 Å². The summed E-state index contributed by atoms with van der Waals surface area (Å²) in [6.07, 6.45) is 2.20. The van der Waals surface area contributed by atoms with Gasteiger partial charge in [0.05, 0.1) is 5.41 Å². The first-order valence-electron chi connectivity index (χ1n) is 9.57. The Morgan fingerprint density at radius 2 is 1.41 bits per heavy atom. The highest BCUT2D eigenvalue weighted by atomic mass is 35.7. The SMILES string of the molecule is CCOC1(OCC)[C@@H]2c3ccccc3[C@@H]([n+]3ccccc32)C1(C)C.[O-][Cl+3]([O-])([O-])[O-]. The lowest BCUT2D eigenvalue weighted by atomic mass is 9.57. The molecule has 1 aromatic carbocycles. The van der Waals surface area contributed by atoms with Crippen LogP contribution in [0.1, 0.15) is 56.5 Å². The van der Waals surface area contributed by atoms with Crippen LogP contribution in [-0.2, 0) is 9.47 Å². The predicted octanol–water partition coefficient (Wildman–Crippen LogP) is -0.938. The second-order valence-corrected chi connectivity index (χ2v) is 8.39. The van der Waals surface area contributed by atoms with Crippen molar-refractivity contribution in [3.63, 3.8) is 0 Å². The molecule has 2 atom stereocenters. The number of fused-ring (bicyclic) bond motifs is 1. The van der Waals surface area contributed by atoms with Crippen LogP contribution in [0.2, 0.25) is 0 Å². The molecule has 0 N–H and O–H groups in total. The third kappa shape index (κ3) is 3.68. The molecule has 2 aliphatic heterocycles. The molecule has 0 fully saturated rings. The van der Waals surface area contributed by atoms with Crippen molar-refractivity contribution in [2.75, 3.05) is 13.2 Å². The van der Waals surface area contributed by atoms with Crippen molar-refractivity contribution < 1.29 is 42.9 Å². The zero-order chi connectivity index (χ0) is 21.4. The van der Waals surface area contributed by atoms with E-state index in [-0.39, 0.29) is 17.4 Å². The number of rotatable bonds is 4. The van der Waals surface area contributed by atoms with Crippen LogP contribution in [0, 0.1) is 15.7 Å². The Hall–Kier alpha value is -1.58. The summed E-state index contributed by atoms with van der Waals surface area (Å²) in [6.45, 7) is 9.97. The molecule has 0 unspecified atom stereocenters. The average Bonchev–Trinajstić information content (AvgIpc) is 2.63. The molecule has 1 aliphatic carbocycles. The molecule has 0 radical (unpaired) electrons. The fraction of sp³-hybridized carbons (Fsp3) is 0.476. The van der Waals surface area contributed by atoms with Crippen LogP contribution in [0.3, 0.4) is 0 Å². The van der Waals surface area contributed by atoms with Gasteiger partial charge >= 0.3 is 0 Å². The molecule has 3 heterocycles. The standard InChI is InChI=1S/C21H26NO2.ClHO4/c1-5-23-21(24-6-2)18-15-11-7-8-12-16(15)19(20(21,3)4)22-14-10-9-13-17(18)22;2-1(3,4)5/h7-14,18-19H,5-6H2,1-4H3;(H,2,3,4,5)/q+1;/p-1/t18-,19-;/m1./s1. The lowest BCUT2D eigenvalue weighted by molar-refractivity contribution is -2.00. The monoisotopic (exact) mass is 423 g/mol. The highest BCUT2D eigenvalue weighted by molar-refractivity contribution is 5.45. The Bertz CT molecular complexity index is 807. The maximum absolute atomic E-state index is 8.49. The van der Waals surface area contributed by atoms with Crippen molar-refractivity contribution in [1.29, 1.82) is 0 Å². The van der Waals surface area contributed by atoms with Gasteiger partial charge in [-0.15, -0.1) is 10.2 Å². The Morgan fingerprint density at radius 3 is 1.97 bits per heavy atom. The first kappa shape index (κ1) is 22.1.